The van der Waals surface area contributed by atoms with Crippen LogP contribution in [0, 0.1) is 6.92 Å². The van der Waals surface area contributed by atoms with E-state index in [0.29, 0.717) is 11.4 Å². The number of aryl methyl sites for hydroxylation is 1. The first-order valence-electron chi connectivity index (χ1n) is 10.2. The molecule has 4 rings (SSSR count). The lowest BCUT2D eigenvalue weighted by atomic mass is 10.1. The molecule has 1 aliphatic heterocycles. The first-order chi connectivity index (χ1) is 15.2. The molecule has 3 aromatic carbocycles. The Kier molecular flexibility index (Phi) is 6.26. The Balaban J connectivity index is 1.40. The molecule has 0 unspecified atom stereocenters. The van der Waals surface area contributed by atoms with E-state index >= 15 is 0 Å². The average molecular weight is 515 g/mol. The Labute approximate surface area is 196 Å². The standard InChI is InChI=1S/C24H23BrN2O4S/c1-16-3-6-20(7-4-16)26-32(29,30)22-10-8-21(9-11-22)31-15-24(28)27-17(2)13-18-14-19(25)5-12-23(18)27/h3-12,14,17,26H,13,15H2,1-2H3/t17-/m0/s1. The second kappa shape index (κ2) is 8.96. The Morgan fingerprint density at radius 3 is 2.47 bits per heavy atom. The molecule has 1 heterocycles. The van der Waals surface area contributed by atoms with Crippen LogP contribution < -0.4 is 14.4 Å². The van der Waals surface area contributed by atoms with Crippen molar-refractivity contribution < 1.29 is 17.9 Å². The lowest BCUT2D eigenvalue weighted by molar-refractivity contribution is -0.120. The maximum absolute atomic E-state index is 12.8. The van der Waals surface area contributed by atoms with Crippen molar-refractivity contribution in [3.05, 3.63) is 82.3 Å². The van der Waals surface area contributed by atoms with Crippen LogP contribution in [0.4, 0.5) is 11.4 Å². The number of ether oxygens (including phenoxy) is 1. The predicted octanol–water partition coefficient (Wildman–Crippen LogP) is 4.91. The number of sulfonamides is 1. The number of amides is 1. The molecule has 166 valence electrons. The Morgan fingerprint density at radius 1 is 1.09 bits per heavy atom. The number of nitrogens with zero attached hydrogens (tertiary/aromatic N) is 1. The summed E-state index contributed by atoms with van der Waals surface area (Å²) in [5, 5.41) is 0. The third kappa shape index (κ3) is 4.81. The summed E-state index contributed by atoms with van der Waals surface area (Å²) in [4.78, 5) is 14.7. The van der Waals surface area contributed by atoms with Gasteiger partial charge < -0.3 is 9.64 Å². The highest BCUT2D eigenvalue weighted by molar-refractivity contribution is 9.10. The number of rotatable bonds is 6. The largest absolute Gasteiger partial charge is 0.484 e. The molecule has 8 heteroatoms. The molecular weight excluding hydrogens is 492 g/mol. The second-order valence-corrected chi connectivity index (χ2v) is 10.4. The minimum Gasteiger partial charge on any atom is -0.484 e. The molecule has 0 aromatic heterocycles. The number of nitrogens with one attached hydrogen (secondary N) is 1. The number of fused-ring (bicyclic) bond motifs is 1. The fourth-order valence-electron chi connectivity index (χ4n) is 3.75. The van der Waals surface area contributed by atoms with Gasteiger partial charge in [0.15, 0.2) is 6.61 Å². The van der Waals surface area contributed by atoms with E-state index in [2.05, 4.69) is 20.7 Å². The lowest BCUT2D eigenvalue weighted by Crippen LogP contribution is -2.39. The van der Waals surface area contributed by atoms with Crippen molar-refractivity contribution in [1.29, 1.82) is 0 Å². The van der Waals surface area contributed by atoms with Crippen molar-refractivity contribution in [2.24, 2.45) is 0 Å². The topological polar surface area (TPSA) is 75.7 Å². The van der Waals surface area contributed by atoms with Crippen LogP contribution in [0.5, 0.6) is 5.75 Å². The van der Waals surface area contributed by atoms with Gasteiger partial charge in [-0.2, -0.15) is 0 Å². The van der Waals surface area contributed by atoms with E-state index in [1.807, 2.05) is 44.2 Å². The maximum Gasteiger partial charge on any atom is 0.265 e. The van der Waals surface area contributed by atoms with Crippen molar-refractivity contribution >= 4 is 43.2 Å². The lowest BCUT2D eigenvalue weighted by Gasteiger charge is -2.22. The summed E-state index contributed by atoms with van der Waals surface area (Å²) in [6.45, 7) is 3.81. The van der Waals surface area contributed by atoms with Crippen LogP contribution in [0.2, 0.25) is 0 Å². The zero-order chi connectivity index (χ0) is 22.9. The van der Waals surface area contributed by atoms with Crippen LogP contribution in [0.15, 0.2) is 76.1 Å². The van der Waals surface area contributed by atoms with Crippen molar-refractivity contribution in [3.63, 3.8) is 0 Å². The van der Waals surface area contributed by atoms with E-state index in [9.17, 15) is 13.2 Å². The number of carbonyl (C=O) groups is 1. The van der Waals surface area contributed by atoms with Gasteiger partial charge in [0.2, 0.25) is 0 Å². The Morgan fingerprint density at radius 2 is 1.78 bits per heavy atom. The Bertz CT molecular complexity index is 1240. The van der Waals surface area contributed by atoms with Gasteiger partial charge in [-0.3, -0.25) is 9.52 Å². The van der Waals surface area contributed by atoms with Gasteiger partial charge in [-0.25, -0.2) is 8.42 Å². The average Bonchev–Trinajstić information content (AvgIpc) is 3.08. The SMILES string of the molecule is Cc1ccc(NS(=O)(=O)c2ccc(OCC(=O)N3c4ccc(Br)cc4C[C@@H]3C)cc2)cc1. The van der Waals surface area contributed by atoms with Gasteiger partial charge in [-0.05, 0) is 80.4 Å². The first kappa shape index (κ1) is 22.4. The second-order valence-electron chi connectivity index (χ2n) is 7.82. The number of hydrogen-bond acceptors (Lipinski definition) is 4. The molecule has 0 bridgehead atoms. The minimum absolute atomic E-state index is 0.0516. The molecule has 0 saturated carbocycles. The van der Waals surface area contributed by atoms with Crippen molar-refractivity contribution in [1.82, 2.24) is 0 Å². The predicted molar refractivity (Wildman–Crippen MR) is 129 cm³/mol. The normalized spacial score (nSPS) is 15.3. The molecule has 0 fully saturated rings. The molecule has 0 saturated heterocycles. The monoisotopic (exact) mass is 514 g/mol. The number of carbonyl (C=O) groups excluding carboxylic acids is 1. The van der Waals surface area contributed by atoms with Crippen molar-refractivity contribution in [2.45, 2.75) is 31.2 Å². The minimum atomic E-state index is -3.72. The fraction of sp³-hybridized carbons (Fsp3) is 0.208. The van der Waals surface area contributed by atoms with E-state index in [1.165, 1.54) is 12.1 Å². The number of hydrogen-bond donors (Lipinski definition) is 1. The first-order valence-corrected chi connectivity index (χ1v) is 12.4. The van der Waals surface area contributed by atoms with Crippen molar-refractivity contribution in [2.75, 3.05) is 16.2 Å². The molecule has 1 aliphatic rings. The van der Waals surface area contributed by atoms with Gasteiger partial charge in [0, 0.05) is 21.9 Å². The van der Waals surface area contributed by atoms with Crippen LogP contribution in [-0.4, -0.2) is 27.0 Å². The smallest absolute Gasteiger partial charge is 0.265 e. The number of benzene rings is 3. The third-order valence-electron chi connectivity index (χ3n) is 5.33. The van der Waals surface area contributed by atoms with E-state index in [4.69, 9.17) is 4.74 Å². The summed E-state index contributed by atoms with van der Waals surface area (Å²) in [5.41, 5.74) is 3.56. The van der Waals surface area contributed by atoms with Crippen molar-refractivity contribution in [3.8, 4) is 5.75 Å². The fourth-order valence-corrected chi connectivity index (χ4v) is 5.21. The summed E-state index contributed by atoms with van der Waals surface area (Å²) in [7, 11) is -3.72. The molecule has 1 N–H and O–H groups in total. The summed E-state index contributed by atoms with van der Waals surface area (Å²) in [5.74, 6) is 0.284. The molecule has 0 aliphatic carbocycles. The van der Waals surface area contributed by atoms with Crippen LogP contribution in [0.25, 0.3) is 0 Å². The van der Waals surface area contributed by atoms with Gasteiger partial charge in [0.1, 0.15) is 5.75 Å². The molecule has 6 nitrogen and oxygen atoms in total. The molecule has 1 atom stereocenters. The summed E-state index contributed by atoms with van der Waals surface area (Å²) < 4.78 is 34.4. The molecule has 0 spiro atoms. The quantitative estimate of drug-likeness (QED) is 0.506. The number of halogens is 1. The zero-order valence-corrected chi connectivity index (χ0v) is 20.1. The highest BCUT2D eigenvalue weighted by atomic mass is 79.9. The van der Waals surface area contributed by atoms with E-state index < -0.39 is 10.0 Å². The van der Waals surface area contributed by atoms with E-state index in [-0.39, 0.29) is 23.5 Å². The molecule has 3 aromatic rings. The maximum atomic E-state index is 12.8. The molecule has 32 heavy (non-hydrogen) atoms. The van der Waals surface area contributed by atoms with Crippen LogP contribution in [0.1, 0.15) is 18.1 Å². The highest BCUT2D eigenvalue weighted by Gasteiger charge is 2.31. The molecule has 0 radical (unpaired) electrons. The van der Waals surface area contributed by atoms with Gasteiger partial charge >= 0.3 is 0 Å². The summed E-state index contributed by atoms with van der Waals surface area (Å²) in [6.07, 6.45) is 0.793. The molecule has 1 amide bonds. The highest BCUT2D eigenvalue weighted by Crippen LogP contribution is 2.34. The third-order valence-corrected chi connectivity index (χ3v) is 7.22. The van der Waals surface area contributed by atoms with Gasteiger partial charge in [-0.1, -0.05) is 33.6 Å². The number of anilines is 2. The Hall–Kier alpha value is -2.84. The van der Waals surface area contributed by atoms with Crippen LogP contribution in [-0.2, 0) is 21.2 Å². The summed E-state index contributed by atoms with van der Waals surface area (Å²) >= 11 is 3.47. The van der Waals surface area contributed by atoms with Gasteiger partial charge in [0.05, 0.1) is 4.90 Å². The van der Waals surface area contributed by atoms with E-state index in [0.717, 1.165) is 27.7 Å². The van der Waals surface area contributed by atoms with E-state index in [1.54, 1.807) is 29.2 Å². The molecular formula is C24H23BrN2O4S. The van der Waals surface area contributed by atoms with Crippen LogP contribution in [0.3, 0.4) is 0 Å². The zero-order valence-electron chi connectivity index (χ0n) is 17.7. The van der Waals surface area contributed by atoms with Gasteiger partial charge in [-0.15, -0.1) is 0 Å². The van der Waals surface area contributed by atoms with Gasteiger partial charge in [0.25, 0.3) is 15.9 Å². The summed E-state index contributed by atoms with van der Waals surface area (Å²) in [6, 6.07) is 19.1. The van der Waals surface area contributed by atoms with Crippen LogP contribution >= 0.6 is 15.9 Å².